The summed E-state index contributed by atoms with van der Waals surface area (Å²) in [6, 6.07) is 9.18. The number of amides is 1. The molecule has 0 radical (unpaired) electrons. The molecule has 0 spiro atoms. The third-order valence-corrected chi connectivity index (χ3v) is 2.82. The predicted molar refractivity (Wildman–Crippen MR) is 72.6 cm³/mol. The molecule has 0 fully saturated rings. The maximum absolute atomic E-state index is 11.4. The monoisotopic (exact) mass is 261 g/mol. The summed E-state index contributed by atoms with van der Waals surface area (Å²) in [4.78, 5) is 11.4. The van der Waals surface area contributed by atoms with Crippen LogP contribution in [-0.4, -0.2) is 25.6 Å². The van der Waals surface area contributed by atoms with E-state index in [0.717, 1.165) is 5.56 Å². The molecular formula is C14H19N3O2. The molecule has 2 N–H and O–H groups in total. The molecular weight excluding hydrogens is 242 g/mol. The fraction of sp³-hybridized carbons (Fsp3) is 0.429. The quantitative estimate of drug-likeness (QED) is 0.811. The van der Waals surface area contributed by atoms with Gasteiger partial charge in [-0.25, -0.2) is 0 Å². The minimum atomic E-state index is -0.255. The second kappa shape index (κ2) is 7.39. The number of nitrogens with zero attached hydrogens (tertiary/aromatic N) is 1. The molecule has 0 saturated carbocycles. The van der Waals surface area contributed by atoms with Crippen molar-refractivity contribution in [3.8, 4) is 11.8 Å². The zero-order valence-corrected chi connectivity index (χ0v) is 11.4. The third kappa shape index (κ3) is 4.60. The Morgan fingerprint density at radius 2 is 2.00 bits per heavy atom. The topological polar surface area (TPSA) is 74.2 Å². The van der Waals surface area contributed by atoms with Gasteiger partial charge in [-0.3, -0.25) is 10.1 Å². The third-order valence-electron chi connectivity index (χ3n) is 2.82. The van der Waals surface area contributed by atoms with Crippen molar-refractivity contribution >= 4 is 5.91 Å². The Morgan fingerprint density at radius 3 is 2.53 bits per heavy atom. The van der Waals surface area contributed by atoms with Crippen molar-refractivity contribution in [3.05, 3.63) is 29.8 Å². The molecule has 0 aliphatic carbocycles. The van der Waals surface area contributed by atoms with Crippen LogP contribution in [0.15, 0.2) is 24.3 Å². The average Bonchev–Trinajstić information content (AvgIpc) is 2.44. The SMILES string of the molecule is CNC(=O)C(C)NC(C)c1ccc(OCC#N)cc1. The van der Waals surface area contributed by atoms with E-state index in [4.69, 9.17) is 10.00 Å². The molecule has 2 atom stereocenters. The number of benzene rings is 1. The number of rotatable bonds is 6. The molecule has 102 valence electrons. The van der Waals surface area contributed by atoms with Crippen LogP contribution < -0.4 is 15.4 Å². The maximum Gasteiger partial charge on any atom is 0.236 e. The van der Waals surface area contributed by atoms with E-state index in [2.05, 4.69) is 10.6 Å². The number of hydrogen-bond acceptors (Lipinski definition) is 4. The van der Waals surface area contributed by atoms with E-state index in [1.165, 1.54) is 0 Å². The lowest BCUT2D eigenvalue weighted by molar-refractivity contribution is -0.122. The van der Waals surface area contributed by atoms with Gasteiger partial charge in [0.15, 0.2) is 6.61 Å². The van der Waals surface area contributed by atoms with Crippen molar-refractivity contribution in [2.75, 3.05) is 13.7 Å². The van der Waals surface area contributed by atoms with E-state index in [0.29, 0.717) is 5.75 Å². The Bertz CT molecular complexity index is 451. The lowest BCUT2D eigenvalue weighted by atomic mass is 10.1. The van der Waals surface area contributed by atoms with Gasteiger partial charge in [0, 0.05) is 13.1 Å². The largest absolute Gasteiger partial charge is 0.479 e. The van der Waals surface area contributed by atoms with Crippen LogP contribution in [0, 0.1) is 11.3 Å². The van der Waals surface area contributed by atoms with E-state index in [-0.39, 0.29) is 24.6 Å². The lowest BCUT2D eigenvalue weighted by Gasteiger charge is -2.19. The van der Waals surface area contributed by atoms with Gasteiger partial charge in [-0.2, -0.15) is 5.26 Å². The summed E-state index contributed by atoms with van der Waals surface area (Å²) in [5.74, 6) is 0.623. The molecule has 2 unspecified atom stereocenters. The molecule has 0 aliphatic rings. The highest BCUT2D eigenvalue weighted by atomic mass is 16.5. The second-order valence-electron chi connectivity index (χ2n) is 4.24. The van der Waals surface area contributed by atoms with Gasteiger partial charge >= 0.3 is 0 Å². The van der Waals surface area contributed by atoms with Crippen LogP contribution >= 0.6 is 0 Å². The number of carbonyl (C=O) groups excluding carboxylic acids is 1. The predicted octanol–water partition coefficient (Wildman–Crippen LogP) is 1.37. The highest BCUT2D eigenvalue weighted by Crippen LogP contribution is 2.17. The highest BCUT2D eigenvalue weighted by molar-refractivity contribution is 5.80. The molecule has 0 bridgehead atoms. The molecule has 5 heteroatoms. The Kier molecular flexibility index (Phi) is 5.83. The first-order valence-corrected chi connectivity index (χ1v) is 6.15. The summed E-state index contributed by atoms with van der Waals surface area (Å²) in [7, 11) is 1.62. The summed E-state index contributed by atoms with van der Waals surface area (Å²) in [6.07, 6.45) is 0. The zero-order chi connectivity index (χ0) is 14.3. The molecule has 0 aliphatic heterocycles. The van der Waals surface area contributed by atoms with E-state index in [1.807, 2.05) is 44.2 Å². The summed E-state index contributed by atoms with van der Waals surface area (Å²) < 4.78 is 5.18. The number of nitriles is 1. The summed E-state index contributed by atoms with van der Waals surface area (Å²) in [5, 5.41) is 14.2. The van der Waals surface area contributed by atoms with Crippen LogP contribution in [-0.2, 0) is 4.79 Å². The molecule has 19 heavy (non-hydrogen) atoms. The van der Waals surface area contributed by atoms with Crippen molar-refractivity contribution in [2.24, 2.45) is 0 Å². The van der Waals surface area contributed by atoms with Gasteiger partial charge in [-0.15, -0.1) is 0 Å². The molecule has 1 aromatic carbocycles. The second-order valence-corrected chi connectivity index (χ2v) is 4.24. The maximum atomic E-state index is 11.4. The summed E-state index contributed by atoms with van der Waals surface area (Å²) >= 11 is 0. The molecule has 1 aromatic rings. The van der Waals surface area contributed by atoms with Crippen LogP contribution in [0.2, 0.25) is 0 Å². The first-order chi connectivity index (χ1) is 9.08. The Morgan fingerprint density at radius 1 is 1.37 bits per heavy atom. The molecule has 1 amide bonds. The Hall–Kier alpha value is -2.06. The van der Waals surface area contributed by atoms with E-state index in [1.54, 1.807) is 7.05 Å². The van der Waals surface area contributed by atoms with Crippen molar-refractivity contribution in [1.82, 2.24) is 10.6 Å². The standard InChI is InChI=1S/C14H19N3O2/c1-10(17-11(2)14(18)16-3)12-4-6-13(7-5-12)19-9-8-15/h4-7,10-11,17H,9H2,1-3H3,(H,16,18). The van der Waals surface area contributed by atoms with Crippen LogP contribution in [0.4, 0.5) is 0 Å². The minimum Gasteiger partial charge on any atom is -0.479 e. The van der Waals surface area contributed by atoms with Gasteiger partial charge in [0.05, 0.1) is 6.04 Å². The minimum absolute atomic E-state index is 0.0409. The van der Waals surface area contributed by atoms with Crippen molar-refractivity contribution < 1.29 is 9.53 Å². The van der Waals surface area contributed by atoms with Gasteiger partial charge < -0.3 is 10.1 Å². The molecule has 1 rings (SSSR count). The number of likely N-dealkylation sites (N-methyl/N-ethyl adjacent to an activating group) is 1. The van der Waals surface area contributed by atoms with Crippen molar-refractivity contribution in [3.63, 3.8) is 0 Å². The normalized spacial score (nSPS) is 13.2. The molecule has 0 aromatic heterocycles. The smallest absolute Gasteiger partial charge is 0.236 e. The summed E-state index contributed by atoms with van der Waals surface area (Å²) in [5.41, 5.74) is 1.06. The Labute approximate surface area is 113 Å². The van der Waals surface area contributed by atoms with Gasteiger partial charge in [0.2, 0.25) is 5.91 Å². The van der Waals surface area contributed by atoms with Gasteiger partial charge in [0.1, 0.15) is 11.8 Å². The number of nitrogens with one attached hydrogen (secondary N) is 2. The first-order valence-electron chi connectivity index (χ1n) is 6.15. The van der Waals surface area contributed by atoms with Crippen LogP contribution in [0.5, 0.6) is 5.75 Å². The fourth-order valence-corrected chi connectivity index (χ4v) is 1.73. The molecule has 5 nitrogen and oxygen atoms in total. The molecule has 0 saturated heterocycles. The van der Waals surface area contributed by atoms with E-state index < -0.39 is 0 Å². The Balaban J connectivity index is 2.60. The highest BCUT2D eigenvalue weighted by Gasteiger charge is 2.14. The van der Waals surface area contributed by atoms with Gasteiger partial charge in [-0.05, 0) is 31.5 Å². The van der Waals surface area contributed by atoms with E-state index in [9.17, 15) is 4.79 Å². The van der Waals surface area contributed by atoms with Crippen LogP contribution in [0.3, 0.4) is 0 Å². The number of ether oxygens (including phenoxy) is 1. The number of carbonyl (C=O) groups is 1. The van der Waals surface area contributed by atoms with Crippen molar-refractivity contribution in [1.29, 1.82) is 5.26 Å². The lowest BCUT2D eigenvalue weighted by Crippen LogP contribution is -2.41. The first kappa shape index (κ1) is 15.0. The zero-order valence-electron chi connectivity index (χ0n) is 11.4. The van der Waals surface area contributed by atoms with Gasteiger partial charge in [0.25, 0.3) is 0 Å². The van der Waals surface area contributed by atoms with Crippen molar-refractivity contribution in [2.45, 2.75) is 25.9 Å². The molecule has 0 heterocycles. The van der Waals surface area contributed by atoms with E-state index >= 15 is 0 Å². The fourth-order valence-electron chi connectivity index (χ4n) is 1.73. The van der Waals surface area contributed by atoms with Gasteiger partial charge in [-0.1, -0.05) is 12.1 Å². The van der Waals surface area contributed by atoms with Crippen LogP contribution in [0.1, 0.15) is 25.5 Å². The number of hydrogen-bond donors (Lipinski definition) is 2. The summed E-state index contributed by atoms with van der Waals surface area (Å²) in [6.45, 7) is 3.85. The van der Waals surface area contributed by atoms with Crippen LogP contribution in [0.25, 0.3) is 0 Å². The average molecular weight is 261 g/mol.